The molecule has 8 nitrogen and oxygen atoms in total. The van der Waals surface area contributed by atoms with Crippen LogP contribution < -0.4 is 16.0 Å². The number of nitrogens with zero attached hydrogens (tertiary/aromatic N) is 3. The van der Waals surface area contributed by atoms with Crippen molar-refractivity contribution in [1.29, 1.82) is 0 Å². The summed E-state index contributed by atoms with van der Waals surface area (Å²) in [4.78, 5) is 21.4. The SMILES string of the molecule is CCCCC(CNC(=O)OC(C)(C)C)NC(=NC)NCCCCN1CCN(CC)CC1. The number of nitrogens with one attached hydrogen (secondary N) is 3. The maximum atomic E-state index is 12.0. The van der Waals surface area contributed by atoms with Crippen molar-refractivity contribution in [3.63, 3.8) is 0 Å². The minimum Gasteiger partial charge on any atom is -0.444 e. The first-order valence-corrected chi connectivity index (χ1v) is 12.2. The van der Waals surface area contributed by atoms with Gasteiger partial charge in [-0.05, 0) is 53.1 Å². The van der Waals surface area contributed by atoms with Crippen LogP contribution >= 0.6 is 0 Å². The molecule has 31 heavy (non-hydrogen) atoms. The maximum absolute atomic E-state index is 12.0. The zero-order chi connectivity index (χ0) is 23.1. The van der Waals surface area contributed by atoms with E-state index >= 15 is 0 Å². The smallest absolute Gasteiger partial charge is 0.407 e. The van der Waals surface area contributed by atoms with Crippen molar-refractivity contribution in [3.05, 3.63) is 0 Å². The van der Waals surface area contributed by atoms with Crippen LogP contribution in [0.3, 0.4) is 0 Å². The average molecular weight is 441 g/mol. The number of piperazine rings is 1. The summed E-state index contributed by atoms with van der Waals surface area (Å²) in [6.45, 7) is 18.5. The fourth-order valence-corrected chi connectivity index (χ4v) is 3.58. The molecule has 1 heterocycles. The Bertz CT molecular complexity index is 513. The normalized spacial score (nSPS) is 17.3. The number of rotatable bonds is 12. The molecular weight excluding hydrogens is 392 g/mol. The van der Waals surface area contributed by atoms with Crippen molar-refractivity contribution in [1.82, 2.24) is 25.8 Å². The van der Waals surface area contributed by atoms with E-state index in [1.54, 1.807) is 7.05 Å². The molecule has 3 N–H and O–H groups in total. The van der Waals surface area contributed by atoms with Crippen LogP contribution in [-0.2, 0) is 4.74 Å². The molecule has 1 aliphatic rings. The van der Waals surface area contributed by atoms with Gasteiger partial charge in [-0.1, -0.05) is 26.7 Å². The monoisotopic (exact) mass is 440 g/mol. The highest BCUT2D eigenvalue weighted by Gasteiger charge is 2.18. The summed E-state index contributed by atoms with van der Waals surface area (Å²) in [5.74, 6) is 0.795. The topological polar surface area (TPSA) is 81.2 Å². The zero-order valence-corrected chi connectivity index (χ0v) is 20.9. The molecule has 0 aliphatic carbocycles. The maximum Gasteiger partial charge on any atom is 0.407 e. The minimum absolute atomic E-state index is 0.119. The number of hydrogen-bond donors (Lipinski definition) is 3. The Morgan fingerprint density at radius 3 is 2.29 bits per heavy atom. The van der Waals surface area contributed by atoms with Crippen molar-refractivity contribution in [2.75, 3.05) is 59.4 Å². The van der Waals surface area contributed by atoms with E-state index in [1.165, 1.54) is 39.1 Å². The highest BCUT2D eigenvalue weighted by Crippen LogP contribution is 2.07. The van der Waals surface area contributed by atoms with Crippen LogP contribution in [0.1, 0.15) is 66.7 Å². The molecule has 0 aromatic rings. The molecule has 1 amide bonds. The van der Waals surface area contributed by atoms with Gasteiger partial charge >= 0.3 is 6.09 Å². The van der Waals surface area contributed by atoms with E-state index in [0.29, 0.717) is 6.54 Å². The lowest BCUT2D eigenvalue weighted by Gasteiger charge is -2.34. The van der Waals surface area contributed by atoms with Gasteiger partial charge in [-0.3, -0.25) is 4.99 Å². The Morgan fingerprint density at radius 1 is 1.03 bits per heavy atom. The van der Waals surface area contributed by atoms with Crippen LogP contribution in [0.25, 0.3) is 0 Å². The number of likely N-dealkylation sites (N-methyl/N-ethyl adjacent to an activating group) is 1. The number of carbonyl (C=O) groups excluding carboxylic acids is 1. The van der Waals surface area contributed by atoms with Gasteiger partial charge in [-0.15, -0.1) is 0 Å². The van der Waals surface area contributed by atoms with E-state index in [4.69, 9.17) is 4.74 Å². The summed E-state index contributed by atoms with van der Waals surface area (Å²) in [5, 5.41) is 9.77. The summed E-state index contributed by atoms with van der Waals surface area (Å²) in [7, 11) is 1.79. The minimum atomic E-state index is -0.488. The van der Waals surface area contributed by atoms with Gasteiger partial charge in [-0.2, -0.15) is 0 Å². The Hall–Kier alpha value is -1.54. The molecule has 1 unspecified atom stereocenters. The van der Waals surface area contributed by atoms with Gasteiger partial charge in [0.05, 0.1) is 0 Å². The lowest BCUT2D eigenvalue weighted by Crippen LogP contribution is -2.49. The van der Waals surface area contributed by atoms with Gasteiger partial charge in [0.1, 0.15) is 5.60 Å². The molecule has 0 radical (unpaired) electrons. The van der Waals surface area contributed by atoms with Crippen molar-refractivity contribution in [2.24, 2.45) is 4.99 Å². The van der Waals surface area contributed by atoms with Gasteiger partial charge in [0.25, 0.3) is 0 Å². The van der Waals surface area contributed by atoms with Gasteiger partial charge in [0, 0.05) is 52.4 Å². The molecule has 1 fully saturated rings. The highest BCUT2D eigenvalue weighted by atomic mass is 16.6. The second kappa shape index (κ2) is 15.3. The van der Waals surface area contributed by atoms with Crippen molar-refractivity contribution >= 4 is 12.1 Å². The molecule has 0 aromatic carbocycles. The second-order valence-corrected chi connectivity index (χ2v) is 9.35. The van der Waals surface area contributed by atoms with Gasteiger partial charge < -0.3 is 30.5 Å². The van der Waals surface area contributed by atoms with E-state index in [1.807, 2.05) is 20.8 Å². The quantitative estimate of drug-likeness (QED) is 0.246. The first-order valence-electron chi connectivity index (χ1n) is 12.2. The molecule has 0 bridgehead atoms. The second-order valence-electron chi connectivity index (χ2n) is 9.35. The van der Waals surface area contributed by atoms with E-state index in [0.717, 1.165) is 44.7 Å². The summed E-state index contributed by atoms with van der Waals surface area (Å²) >= 11 is 0. The Balaban J connectivity index is 2.30. The predicted octanol–water partition coefficient (Wildman–Crippen LogP) is 2.65. The molecule has 8 heteroatoms. The summed E-state index contributed by atoms with van der Waals surface area (Å²) in [6.07, 6.45) is 5.11. The Kier molecular flexibility index (Phi) is 13.6. The predicted molar refractivity (Wildman–Crippen MR) is 130 cm³/mol. The van der Waals surface area contributed by atoms with Crippen LogP contribution in [0.2, 0.25) is 0 Å². The van der Waals surface area contributed by atoms with Crippen LogP contribution in [-0.4, -0.2) is 92.9 Å². The molecule has 0 aromatic heterocycles. The van der Waals surface area contributed by atoms with E-state index in [2.05, 4.69) is 44.6 Å². The third-order valence-corrected chi connectivity index (χ3v) is 5.47. The number of alkyl carbamates (subject to hydrolysis) is 1. The molecule has 0 spiro atoms. The van der Waals surface area contributed by atoms with E-state index < -0.39 is 5.60 Å². The first kappa shape index (κ1) is 27.5. The molecule has 1 aliphatic heterocycles. The number of unbranched alkanes of at least 4 members (excludes halogenated alkanes) is 2. The summed E-state index contributed by atoms with van der Waals surface area (Å²) in [5.41, 5.74) is -0.488. The van der Waals surface area contributed by atoms with Crippen LogP contribution in [0, 0.1) is 0 Å². The van der Waals surface area contributed by atoms with Gasteiger partial charge in [-0.25, -0.2) is 4.79 Å². The lowest BCUT2D eigenvalue weighted by atomic mass is 10.1. The van der Waals surface area contributed by atoms with Crippen LogP contribution in [0.15, 0.2) is 4.99 Å². The number of ether oxygens (including phenoxy) is 1. The fraction of sp³-hybridized carbons (Fsp3) is 0.913. The number of guanidine groups is 1. The fourth-order valence-electron chi connectivity index (χ4n) is 3.58. The third-order valence-electron chi connectivity index (χ3n) is 5.47. The van der Waals surface area contributed by atoms with Crippen LogP contribution in [0.4, 0.5) is 4.79 Å². The number of aliphatic imine (C=N–C) groups is 1. The average Bonchev–Trinajstić information content (AvgIpc) is 2.73. The Morgan fingerprint density at radius 2 is 1.71 bits per heavy atom. The molecule has 1 saturated heterocycles. The number of hydrogen-bond acceptors (Lipinski definition) is 5. The largest absolute Gasteiger partial charge is 0.444 e. The van der Waals surface area contributed by atoms with Gasteiger partial charge in [0.15, 0.2) is 5.96 Å². The molecule has 1 atom stereocenters. The van der Waals surface area contributed by atoms with E-state index in [9.17, 15) is 4.79 Å². The first-order chi connectivity index (χ1) is 14.8. The molecule has 1 rings (SSSR count). The highest BCUT2D eigenvalue weighted by molar-refractivity contribution is 5.80. The lowest BCUT2D eigenvalue weighted by molar-refractivity contribution is 0.0522. The molecular formula is C23H48N6O2. The summed E-state index contributed by atoms with van der Waals surface area (Å²) < 4.78 is 5.35. The van der Waals surface area contributed by atoms with Gasteiger partial charge in [0.2, 0.25) is 0 Å². The van der Waals surface area contributed by atoms with E-state index in [-0.39, 0.29) is 12.1 Å². The third kappa shape index (κ3) is 13.5. The van der Waals surface area contributed by atoms with Crippen molar-refractivity contribution in [3.8, 4) is 0 Å². The number of amides is 1. The van der Waals surface area contributed by atoms with Crippen LogP contribution in [0.5, 0.6) is 0 Å². The standard InChI is InChI=1S/C23H48N6O2/c1-7-9-12-20(19-26-22(30)31-23(3,4)5)27-21(24-6)25-13-10-11-14-29-17-15-28(8-2)16-18-29/h20H,7-19H2,1-6H3,(H,26,30)(H2,24,25,27). The zero-order valence-electron chi connectivity index (χ0n) is 20.9. The van der Waals surface area contributed by atoms with Crippen molar-refractivity contribution < 1.29 is 9.53 Å². The van der Waals surface area contributed by atoms with Crippen molar-refractivity contribution in [2.45, 2.75) is 78.4 Å². The number of carbonyl (C=O) groups is 1. The Labute approximate surface area is 190 Å². The molecule has 182 valence electrons. The summed E-state index contributed by atoms with van der Waals surface area (Å²) in [6, 6.07) is 0.119. The molecule has 0 saturated carbocycles.